The molecular formula is C23H29N5O7. The maximum atomic E-state index is 13.5. The highest BCUT2D eigenvalue weighted by molar-refractivity contribution is 6.00. The molecule has 188 valence electrons. The van der Waals surface area contributed by atoms with E-state index in [9.17, 15) is 24.0 Å². The lowest BCUT2D eigenvalue weighted by Gasteiger charge is -2.43. The van der Waals surface area contributed by atoms with E-state index in [1.165, 1.54) is 5.01 Å². The summed E-state index contributed by atoms with van der Waals surface area (Å²) in [5.74, 6) is -2.34. The third kappa shape index (κ3) is 5.21. The zero-order valence-electron chi connectivity index (χ0n) is 19.4. The Hall–Kier alpha value is -3.67. The van der Waals surface area contributed by atoms with Crippen LogP contribution in [0.4, 0.5) is 5.69 Å². The molecule has 12 nitrogen and oxygen atoms in total. The van der Waals surface area contributed by atoms with Crippen molar-refractivity contribution in [2.24, 2.45) is 0 Å². The molecule has 4 amide bonds. The van der Waals surface area contributed by atoms with Crippen LogP contribution in [0.2, 0.25) is 0 Å². The van der Waals surface area contributed by atoms with E-state index >= 15 is 0 Å². The van der Waals surface area contributed by atoms with Crippen molar-refractivity contribution in [2.45, 2.75) is 63.4 Å². The number of carbonyl (C=O) groups excluding carboxylic acids is 5. The minimum absolute atomic E-state index is 0.0423. The number of ether oxygens (including phenoxy) is 2. The second-order valence-electron chi connectivity index (χ2n) is 8.68. The predicted octanol–water partition coefficient (Wildman–Crippen LogP) is -0.310. The van der Waals surface area contributed by atoms with Gasteiger partial charge in [0.15, 0.2) is 0 Å². The molecule has 3 aliphatic heterocycles. The van der Waals surface area contributed by atoms with E-state index in [1.54, 1.807) is 31.2 Å². The summed E-state index contributed by atoms with van der Waals surface area (Å²) in [6, 6.07) is 3.56. The molecule has 12 heteroatoms. The molecule has 0 radical (unpaired) electrons. The van der Waals surface area contributed by atoms with Gasteiger partial charge in [-0.15, -0.1) is 0 Å². The Labute approximate surface area is 202 Å². The van der Waals surface area contributed by atoms with Crippen molar-refractivity contribution in [2.75, 3.05) is 18.9 Å². The molecule has 1 aromatic rings. The number of cyclic esters (lactones) is 1. The lowest BCUT2D eigenvalue weighted by Crippen LogP contribution is -2.64. The Balaban J connectivity index is 1.51. The van der Waals surface area contributed by atoms with Gasteiger partial charge in [0.25, 0.3) is 11.8 Å². The number of hydrogen-bond acceptors (Lipinski definition) is 8. The van der Waals surface area contributed by atoms with Gasteiger partial charge in [0, 0.05) is 30.8 Å². The molecule has 4 rings (SSSR count). The van der Waals surface area contributed by atoms with Crippen molar-refractivity contribution in [3.63, 3.8) is 0 Å². The summed E-state index contributed by atoms with van der Waals surface area (Å²) in [5, 5.41) is 7.90. The molecule has 3 saturated heterocycles. The average Bonchev–Trinajstić information content (AvgIpc) is 3.13. The summed E-state index contributed by atoms with van der Waals surface area (Å²) in [4.78, 5) is 64.1. The number of rotatable bonds is 6. The average molecular weight is 488 g/mol. The SMILES string of the molecule is CCOC1OC(=O)C[C@@H]1NC(=O)[C@@H]1CCCN2C(=O)CC[C@H](NC(=O)c3ccc(N)cc3)C(=O)N12. The number of nitrogens with two attached hydrogens (primary N) is 1. The minimum Gasteiger partial charge on any atom is -0.433 e. The number of nitrogen functional groups attached to an aromatic ring is 1. The lowest BCUT2D eigenvalue weighted by molar-refractivity contribution is -0.177. The van der Waals surface area contributed by atoms with Crippen LogP contribution in [0.3, 0.4) is 0 Å². The Morgan fingerprint density at radius 2 is 1.89 bits per heavy atom. The number of esters is 1. The molecule has 0 aliphatic carbocycles. The summed E-state index contributed by atoms with van der Waals surface area (Å²) in [6.07, 6.45) is 0.0217. The molecule has 3 aliphatic rings. The summed E-state index contributed by atoms with van der Waals surface area (Å²) >= 11 is 0. The lowest BCUT2D eigenvalue weighted by atomic mass is 10.0. The molecule has 4 atom stereocenters. The number of benzene rings is 1. The monoisotopic (exact) mass is 487 g/mol. The zero-order chi connectivity index (χ0) is 25.1. The first-order chi connectivity index (χ1) is 16.8. The van der Waals surface area contributed by atoms with Crippen molar-refractivity contribution in [3.05, 3.63) is 29.8 Å². The molecule has 1 unspecified atom stereocenters. The van der Waals surface area contributed by atoms with Gasteiger partial charge in [0.05, 0.1) is 6.42 Å². The molecule has 35 heavy (non-hydrogen) atoms. The fourth-order valence-electron chi connectivity index (χ4n) is 4.53. The maximum Gasteiger partial charge on any atom is 0.310 e. The van der Waals surface area contributed by atoms with E-state index < -0.39 is 48.1 Å². The van der Waals surface area contributed by atoms with Gasteiger partial charge < -0.3 is 25.8 Å². The van der Waals surface area contributed by atoms with Crippen molar-refractivity contribution in [1.82, 2.24) is 20.7 Å². The van der Waals surface area contributed by atoms with Crippen LogP contribution in [0.25, 0.3) is 0 Å². The van der Waals surface area contributed by atoms with Crippen LogP contribution in [-0.4, -0.2) is 77.2 Å². The van der Waals surface area contributed by atoms with Crippen molar-refractivity contribution in [1.29, 1.82) is 0 Å². The highest BCUT2D eigenvalue weighted by Crippen LogP contribution is 2.26. The van der Waals surface area contributed by atoms with Crippen molar-refractivity contribution in [3.8, 4) is 0 Å². The molecule has 0 aromatic heterocycles. The number of amides is 4. The number of fused-ring (bicyclic) bond motifs is 1. The number of hydrazine groups is 1. The highest BCUT2D eigenvalue weighted by atomic mass is 16.7. The molecule has 1 aromatic carbocycles. The molecular weight excluding hydrogens is 458 g/mol. The number of anilines is 1. The van der Waals surface area contributed by atoms with E-state index in [4.69, 9.17) is 15.2 Å². The first-order valence-corrected chi connectivity index (χ1v) is 11.7. The predicted molar refractivity (Wildman–Crippen MR) is 121 cm³/mol. The van der Waals surface area contributed by atoms with Crippen LogP contribution in [0.15, 0.2) is 24.3 Å². The Bertz CT molecular complexity index is 1010. The Morgan fingerprint density at radius 3 is 2.60 bits per heavy atom. The topological polar surface area (TPSA) is 160 Å². The maximum absolute atomic E-state index is 13.5. The van der Waals surface area contributed by atoms with Gasteiger partial charge in [-0.05, 0) is 50.5 Å². The quantitative estimate of drug-likeness (QED) is 0.364. The third-order valence-electron chi connectivity index (χ3n) is 6.26. The van der Waals surface area contributed by atoms with Crippen LogP contribution in [0, 0.1) is 0 Å². The summed E-state index contributed by atoms with van der Waals surface area (Å²) in [6.45, 7) is 2.32. The third-order valence-corrected chi connectivity index (χ3v) is 6.26. The van der Waals surface area contributed by atoms with Crippen molar-refractivity contribution < 1.29 is 33.4 Å². The zero-order valence-corrected chi connectivity index (χ0v) is 19.4. The molecule has 4 N–H and O–H groups in total. The molecule has 0 saturated carbocycles. The van der Waals surface area contributed by atoms with E-state index in [2.05, 4.69) is 10.6 Å². The van der Waals surface area contributed by atoms with Gasteiger partial charge in [-0.2, -0.15) is 0 Å². The number of carbonyl (C=O) groups is 5. The fraction of sp³-hybridized carbons (Fsp3) is 0.522. The smallest absolute Gasteiger partial charge is 0.310 e. The number of hydrogen-bond donors (Lipinski definition) is 3. The van der Waals surface area contributed by atoms with Crippen LogP contribution in [-0.2, 0) is 28.7 Å². The number of nitrogens with zero attached hydrogens (tertiary/aromatic N) is 2. The molecule has 3 heterocycles. The molecule has 0 spiro atoms. The summed E-state index contributed by atoms with van der Waals surface area (Å²) in [7, 11) is 0. The van der Waals surface area contributed by atoms with Crippen molar-refractivity contribution >= 4 is 35.3 Å². The van der Waals surface area contributed by atoms with Gasteiger partial charge in [0.1, 0.15) is 18.1 Å². The van der Waals surface area contributed by atoms with Gasteiger partial charge >= 0.3 is 5.97 Å². The second kappa shape index (κ2) is 10.3. The first kappa shape index (κ1) is 24.5. The number of nitrogens with one attached hydrogen (secondary N) is 2. The van der Waals surface area contributed by atoms with Gasteiger partial charge in [-0.25, -0.2) is 5.01 Å². The second-order valence-corrected chi connectivity index (χ2v) is 8.68. The van der Waals surface area contributed by atoms with Gasteiger partial charge in [-0.3, -0.25) is 29.0 Å². The van der Waals surface area contributed by atoms with Crippen LogP contribution in [0.5, 0.6) is 0 Å². The van der Waals surface area contributed by atoms with Crippen LogP contribution in [0.1, 0.15) is 49.4 Å². The minimum atomic E-state index is -0.991. The van der Waals surface area contributed by atoms with Crippen LogP contribution >= 0.6 is 0 Å². The van der Waals surface area contributed by atoms with E-state index in [-0.39, 0.29) is 31.8 Å². The van der Waals surface area contributed by atoms with Gasteiger partial charge in [-0.1, -0.05) is 0 Å². The summed E-state index contributed by atoms with van der Waals surface area (Å²) < 4.78 is 10.5. The largest absolute Gasteiger partial charge is 0.433 e. The molecule has 3 fully saturated rings. The fourth-order valence-corrected chi connectivity index (χ4v) is 4.53. The van der Waals surface area contributed by atoms with Crippen LogP contribution < -0.4 is 16.4 Å². The van der Waals surface area contributed by atoms with E-state index in [0.717, 1.165) is 5.01 Å². The summed E-state index contributed by atoms with van der Waals surface area (Å²) in [5.41, 5.74) is 6.49. The molecule has 0 bridgehead atoms. The normalized spacial score (nSPS) is 26.6. The van der Waals surface area contributed by atoms with Gasteiger partial charge in [0.2, 0.25) is 18.1 Å². The van der Waals surface area contributed by atoms with E-state index in [0.29, 0.717) is 30.6 Å². The standard InChI is InChI=1S/C23H29N5O7/c1-2-34-23-16(12-19(30)35-23)26-21(32)17-4-3-11-27-18(29)10-9-15(22(33)28(17)27)25-20(31)13-5-7-14(24)8-6-13/h5-8,15-17,23H,2-4,9-12,24H2,1H3,(H,25,31)(H,26,32)/t15-,16-,17-,23?/m0/s1. The first-order valence-electron chi connectivity index (χ1n) is 11.7. The Kier molecular flexibility index (Phi) is 7.20. The highest BCUT2D eigenvalue weighted by Gasteiger charge is 2.46. The van der Waals surface area contributed by atoms with E-state index in [1.807, 2.05) is 0 Å². The Morgan fingerprint density at radius 1 is 1.14 bits per heavy atom.